The van der Waals surface area contributed by atoms with E-state index in [-0.39, 0.29) is 23.5 Å². The summed E-state index contributed by atoms with van der Waals surface area (Å²) in [6.07, 6.45) is 2.20. The van der Waals surface area contributed by atoms with Gasteiger partial charge in [-0.2, -0.15) is 10.1 Å². The molecule has 2 aliphatic rings. The minimum atomic E-state index is -0.485. The van der Waals surface area contributed by atoms with Crippen LogP contribution >= 0.6 is 0 Å². The second-order valence-electron chi connectivity index (χ2n) is 8.33. The first kappa shape index (κ1) is 19.3. The number of ketones is 1. The zero-order chi connectivity index (χ0) is 20.8. The van der Waals surface area contributed by atoms with Crippen molar-refractivity contribution >= 4 is 17.4 Å². The molecule has 0 fully saturated rings. The number of aryl methyl sites for hydroxylation is 1. The monoisotopic (exact) mass is 397 g/mol. The lowest BCUT2D eigenvalue weighted by Crippen LogP contribution is -2.36. The van der Waals surface area contributed by atoms with E-state index in [0.29, 0.717) is 43.0 Å². The SMILES string of the molecule is CC1(C)CC(=O)C2=C(C1)Nc1nc(CCCO)nn1C2c1ccc([N+](=O)[O-])cc1. The van der Waals surface area contributed by atoms with Gasteiger partial charge in [0.2, 0.25) is 5.95 Å². The van der Waals surface area contributed by atoms with Gasteiger partial charge in [-0.15, -0.1) is 0 Å². The number of nitro groups is 1. The van der Waals surface area contributed by atoms with Gasteiger partial charge >= 0.3 is 0 Å². The molecule has 9 nitrogen and oxygen atoms in total. The Bertz CT molecular complexity index is 1010. The van der Waals surface area contributed by atoms with Crippen molar-refractivity contribution in [3.8, 4) is 0 Å². The molecule has 0 spiro atoms. The van der Waals surface area contributed by atoms with E-state index >= 15 is 0 Å². The Morgan fingerprint density at radius 3 is 2.69 bits per heavy atom. The Balaban J connectivity index is 1.82. The fourth-order valence-electron chi connectivity index (χ4n) is 4.08. The second kappa shape index (κ2) is 7.07. The molecule has 0 saturated carbocycles. The van der Waals surface area contributed by atoms with Crippen LogP contribution in [0, 0.1) is 15.5 Å². The Hall–Kier alpha value is -3.07. The number of nitrogens with one attached hydrogen (secondary N) is 1. The molecule has 9 heteroatoms. The number of aliphatic hydroxyl groups is 1. The molecule has 0 radical (unpaired) electrons. The maximum Gasteiger partial charge on any atom is 0.269 e. The van der Waals surface area contributed by atoms with Crippen LogP contribution in [-0.2, 0) is 11.2 Å². The summed E-state index contributed by atoms with van der Waals surface area (Å²) < 4.78 is 1.68. The Morgan fingerprint density at radius 1 is 1.31 bits per heavy atom. The highest BCUT2D eigenvalue weighted by atomic mass is 16.6. The zero-order valence-corrected chi connectivity index (χ0v) is 16.4. The lowest BCUT2D eigenvalue weighted by atomic mass is 9.73. The zero-order valence-electron chi connectivity index (χ0n) is 16.4. The third-order valence-corrected chi connectivity index (χ3v) is 5.35. The van der Waals surface area contributed by atoms with Crippen molar-refractivity contribution in [2.45, 2.75) is 45.6 Å². The molecule has 1 atom stereocenters. The second-order valence-corrected chi connectivity index (χ2v) is 8.33. The number of benzene rings is 1. The van der Waals surface area contributed by atoms with Gasteiger partial charge in [-0.3, -0.25) is 14.9 Å². The number of nitrogens with zero attached hydrogens (tertiary/aromatic N) is 4. The average Bonchev–Trinajstić information content (AvgIpc) is 3.06. The fourth-order valence-corrected chi connectivity index (χ4v) is 4.08. The van der Waals surface area contributed by atoms with E-state index in [0.717, 1.165) is 11.3 Å². The molecule has 2 N–H and O–H groups in total. The van der Waals surface area contributed by atoms with Crippen LogP contribution < -0.4 is 5.32 Å². The largest absolute Gasteiger partial charge is 0.396 e. The molecule has 152 valence electrons. The third kappa shape index (κ3) is 3.53. The number of aromatic nitrogens is 3. The smallest absolute Gasteiger partial charge is 0.269 e. The van der Waals surface area contributed by atoms with Crippen molar-refractivity contribution < 1.29 is 14.8 Å². The van der Waals surface area contributed by atoms with E-state index in [1.807, 2.05) is 0 Å². The normalized spacial score (nSPS) is 20.1. The Labute approximate surface area is 167 Å². The predicted molar refractivity (Wildman–Crippen MR) is 105 cm³/mol. The van der Waals surface area contributed by atoms with Gasteiger partial charge in [-0.25, -0.2) is 4.68 Å². The van der Waals surface area contributed by atoms with Crippen LogP contribution in [0.3, 0.4) is 0 Å². The van der Waals surface area contributed by atoms with Crippen molar-refractivity contribution in [3.63, 3.8) is 0 Å². The summed E-state index contributed by atoms with van der Waals surface area (Å²) in [5.74, 6) is 1.18. The van der Waals surface area contributed by atoms with Crippen LogP contribution in [0.25, 0.3) is 0 Å². The first-order valence-electron chi connectivity index (χ1n) is 9.63. The van der Waals surface area contributed by atoms with E-state index in [4.69, 9.17) is 5.11 Å². The molecule has 2 heterocycles. The van der Waals surface area contributed by atoms with Crippen molar-refractivity contribution in [1.29, 1.82) is 0 Å². The number of allylic oxidation sites excluding steroid dienone is 2. The van der Waals surface area contributed by atoms with Gasteiger partial charge in [-0.05, 0) is 36.0 Å². The number of hydrogen-bond donors (Lipinski definition) is 2. The van der Waals surface area contributed by atoms with Crippen LogP contribution in [-0.4, -0.2) is 37.2 Å². The maximum atomic E-state index is 13.1. The number of rotatable bonds is 5. The standard InChI is InChI=1S/C20H23N5O4/c1-20(2)10-14-17(15(27)11-20)18(12-5-7-13(8-6-12)25(28)29)24-19(21-14)22-16(23-24)4-3-9-26/h5-8,18,26H,3-4,9-11H2,1-2H3,(H,21,22,23). The first-order chi connectivity index (χ1) is 13.8. The minimum Gasteiger partial charge on any atom is -0.396 e. The summed E-state index contributed by atoms with van der Waals surface area (Å²) in [6.45, 7) is 4.16. The highest BCUT2D eigenvalue weighted by Gasteiger charge is 2.41. The van der Waals surface area contributed by atoms with Crippen molar-refractivity contribution in [1.82, 2.24) is 14.8 Å². The molecule has 1 aliphatic heterocycles. The van der Waals surface area contributed by atoms with E-state index in [1.165, 1.54) is 12.1 Å². The van der Waals surface area contributed by atoms with E-state index in [2.05, 4.69) is 29.2 Å². The molecule has 1 aromatic carbocycles. The van der Waals surface area contributed by atoms with Gasteiger partial charge in [0.25, 0.3) is 5.69 Å². The third-order valence-electron chi connectivity index (χ3n) is 5.35. The molecule has 4 rings (SSSR count). The average molecular weight is 397 g/mol. The number of nitro benzene ring substituents is 1. The summed E-state index contributed by atoms with van der Waals surface area (Å²) >= 11 is 0. The van der Waals surface area contributed by atoms with E-state index < -0.39 is 11.0 Å². The highest BCUT2D eigenvalue weighted by Crippen LogP contribution is 2.45. The molecule has 0 bridgehead atoms. The number of hydrogen-bond acceptors (Lipinski definition) is 7. The van der Waals surface area contributed by atoms with Crippen LogP contribution in [0.5, 0.6) is 0 Å². The van der Waals surface area contributed by atoms with Gasteiger partial charge in [0, 0.05) is 42.9 Å². The predicted octanol–water partition coefficient (Wildman–Crippen LogP) is 2.77. The van der Waals surface area contributed by atoms with E-state index in [1.54, 1.807) is 16.8 Å². The van der Waals surface area contributed by atoms with Crippen LogP contribution in [0.4, 0.5) is 11.6 Å². The number of carbonyl (C=O) groups is 1. The molecule has 1 aliphatic carbocycles. The number of aliphatic hydroxyl groups excluding tert-OH is 1. The Morgan fingerprint density at radius 2 is 2.03 bits per heavy atom. The van der Waals surface area contributed by atoms with Crippen molar-refractivity contribution in [2.24, 2.45) is 5.41 Å². The van der Waals surface area contributed by atoms with Crippen LogP contribution in [0.15, 0.2) is 35.5 Å². The quantitative estimate of drug-likeness (QED) is 0.587. The minimum absolute atomic E-state index is 0.00422. The number of Topliss-reactive ketones (excluding diaryl/α,β-unsaturated/α-hetero) is 1. The molecule has 29 heavy (non-hydrogen) atoms. The summed E-state index contributed by atoms with van der Waals surface area (Å²) in [5.41, 5.74) is 2.06. The maximum absolute atomic E-state index is 13.1. The lowest BCUT2D eigenvalue weighted by Gasteiger charge is -2.38. The summed E-state index contributed by atoms with van der Waals surface area (Å²) in [7, 11) is 0. The van der Waals surface area contributed by atoms with Gasteiger partial charge in [0.15, 0.2) is 11.6 Å². The summed E-state index contributed by atoms with van der Waals surface area (Å²) in [5, 5.41) is 28.0. The molecular formula is C20H23N5O4. The highest BCUT2D eigenvalue weighted by molar-refractivity contribution is 6.00. The van der Waals surface area contributed by atoms with Gasteiger partial charge in [0.1, 0.15) is 6.04 Å². The summed E-state index contributed by atoms with van der Waals surface area (Å²) in [6, 6.07) is 5.74. The lowest BCUT2D eigenvalue weighted by molar-refractivity contribution is -0.384. The Kier molecular flexibility index (Phi) is 4.70. The van der Waals surface area contributed by atoms with Crippen LogP contribution in [0.2, 0.25) is 0 Å². The van der Waals surface area contributed by atoms with Gasteiger partial charge in [-0.1, -0.05) is 13.8 Å². The molecule has 1 unspecified atom stereocenters. The summed E-state index contributed by atoms with van der Waals surface area (Å²) in [4.78, 5) is 28.2. The number of non-ortho nitro benzene ring substituents is 1. The molecule has 2 aromatic rings. The van der Waals surface area contributed by atoms with Gasteiger partial charge < -0.3 is 10.4 Å². The first-order valence-corrected chi connectivity index (χ1v) is 9.63. The topological polar surface area (TPSA) is 123 Å². The van der Waals surface area contributed by atoms with Crippen molar-refractivity contribution in [2.75, 3.05) is 11.9 Å². The number of carbonyl (C=O) groups excluding carboxylic acids is 1. The van der Waals surface area contributed by atoms with Gasteiger partial charge in [0.05, 0.1) is 4.92 Å². The van der Waals surface area contributed by atoms with E-state index in [9.17, 15) is 14.9 Å². The number of anilines is 1. The van der Waals surface area contributed by atoms with Crippen molar-refractivity contribution in [3.05, 3.63) is 57.0 Å². The fraction of sp³-hybridized carbons (Fsp3) is 0.450. The molecule has 0 saturated heterocycles. The molecule has 1 aromatic heterocycles. The molecular weight excluding hydrogens is 374 g/mol. The number of fused-ring (bicyclic) bond motifs is 1. The van der Waals surface area contributed by atoms with Crippen LogP contribution in [0.1, 0.15) is 50.5 Å². The molecule has 0 amide bonds.